The summed E-state index contributed by atoms with van der Waals surface area (Å²) in [5.41, 5.74) is 0.863. The molecule has 22 heavy (non-hydrogen) atoms. The standard InChI is InChI=1S/C14H22N4O4/c1-3-5-6-7-8-10(19)18-17-9(4-2)11-12(20)15-14(22)16-13(11)21/h3-8H2,1-2H3,(H,18,19)(H3,15,16,20,21,22)/b17-9+. The van der Waals surface area contributed by atoms with E-state index in [0.717, 1.165) is 25.7 Å². The Bertz CT molecular complexity index is 645. The Balaban J connectivity index is 2.78. The lowest BCUT2D eigenvalue weighted by molar-refractivity contribution is -0.121. The number of aromatic nitrogens is 2. The van der Waals surface area contributed by atoms with Crippen LogP contribution in [0.15, 0.2) is 14.7 Å². The monoisotopic (exact) mass is 310 g/mol. The normalized spacial score (nSPS) is 11.5. The third-order valence-electron chi connectivity index (χ3n) is 3.12. The number of unbranched alkanes of at least 4 members (excludes halogenated alkanes) is 3. The average Bonchev–Trinajstić information content (AvgIpc) is 2.46. The minimum Gasteiger partial charge on any atom is -0.494 e. The van der Waals surface area contributed by atoms with Crippen LogP contribution in [0.5, 0.6) is 5.88 Å². The molecule has 1 rings (SSSR count). The first-order valence-electron chi connectivity index (χ1n) is 7.40. The van der Waals surface area contributed by atoms with E-state index in [-0.39, 0.29) is 17.2 Å². The van der Waals surface area contributed by atoms with Crippen LogP contribution in [0.25, 0.3) is 0 Å². The number of nitrogens with one attached hydrogen (secondary N) is 3. The van der Waals surface area contributed by atoms with Gasteiger partial charge in [0.1, 0.15) is 5.56 Å². The Hall–Kier alpha value is -2.38. The van der Waals surface area contributed by atoms with Gasteiger partial charge in [0.2, 0.25) is 11.8 Å². The van der Waals surface area contributed by atoms with Crippen molar-refractivity contribution in [3.8, 4) is 5.88 Å². The van der Waals surface area contributed by atoms with Gasteiger partial charge in [-0.25, -0.2) is 10.2 Å². The third kappa shape index (κ3) is 5.19. The molecule has 8 nitrogen and oxygen atoms in total. The molecule has 1 heterocycles. The van der Waals surface area contributed by atoms with Crippen molar-refractivity contribution in [3.63, 3.8) is 0 Å². The number of hydrogen-bond acceptors (Lipinski definition) is 5. The molecular formula is C14H22N4O4. The Labute approximate surface area is 127 Å². The summed E-state index contributed by atoms with van der Waals surface area (Å²) in [6, 6.07) is 0. The summed E-state index contributed by atoms with van der Waals surface area (Å²) in [4.78, 5) is 38.5. The second kappa shape index (κ2) is 8.81. The molecule has 0 aromatic carbocycles. The van der Waals surface area contributed by atoms with Crippen LogP contribution in [0.2, 0.25) is 0 Å². The Morgan fingerprint density at radius 2 is 1.91 bits per heavy atom. The van der Waals surface area contributed by atoms with E-state index >= 15 is 0 Å². The summed E-state index contributed by atoms with van der Waals surface area (Å²) >= 11 is 0. The molecule has 0 spiro atoms. The van der Waals surface area contributed by atoms with E-state index in [4.69, 9.17) is 0 Å². The van der Waals surface area contributed by atoms with Crippen LogP contribution < -0.4 is 16.7 Å². The lowest BCUT2D eigenvalue weighted by atomic mass is 10.1. The van der Waals surface area contributed by atoms with Gasteiger partial charge in [-0.05, 0) is 12.8 Å². The lowest BCUT2D eigenvalue weighted by Gasteiger charge is -2.06. The van der Waals surface area contributed by atoms with Crippen molar-refractivity contribution in [2.24, 2.45) is 5.10 Å². The van der Waals surface area contributed by atoms with Crippen molar-refractivity contribution in [3.05, 3.63) is 26.4 Å². The predicted octanol–water partition coefficient (Wildman–Crippen LogP) is 0.969. The molecule has 1 amide bonds. The summed E-state index contributed by atoms with van der Waals surface area (Å²) < 4.78 is 0. The molecule has 4 N–H and O–H groups in total. The van der Waals surface area contributed by atoms with Gasteiger partial charge < -0.3 is 5.11 Å². The van der Waals surface area contributed by atoms with Crippen LogP contribution in [0.4, 0.5) is 0 Å². The number of amides is 1. The summed E-state index contributed by atoms with van der Waals surface area (Å²) in [5.74, 6) is -0.811. The summed E-state index contributed by atoms with van der Waals surface area (Å²) in [6.45, 7) is 3.81. The second-order valence-corrected chi connectivity index (χ2v) is 4.89. The van der Waals surface area contributed by atoms with Crippen LogP contribution in [-0.2, 0) is 4.79 Å². The summed E-state index contributed by atoms with van der Waals surface area (Å²) in [6.07, 6.45) is 4.59. The molecular weight excluding hydrogens is 288 g/mol. The maximum absolute atomic E-state index is 11.7. The van der Waals surface area contributed by atoms with Gasteiger partial charge in [0, 0.05) is 6.42 Å². The molecule has 0 aliphatic rings. The smallest absolute Gasteiger partial charge is 0.328 e. The number of carbonyl (C=O) groups excluding carboxylic acids is 1. The number of aromatic hydroxyl groups is 1. The number of hydrogen-bond donors (Lipinski definition) is 4. The largest absolute Gasteiger partial charge is 0.494 e. The van der Waals surface area contributed by atoms with Gasteiger partial charge in [0.25, 0.3) is 5.56 Å². The zero-order valence-electron chi connectivity index (χ0n) is 12.9. The molecule has 0 unspecified atom stereocenters. The molecule has 1 aromatic heterocycles. The zero-order valence-corrected chi connectivity index (χ0v) is 12.9. The molecule has 0 saturated carbocycles. The van der Waals surface area contributed by atoms with Gasteiger partial charge in [0.15, 0.2) is 0 Å². The number of nitrogens with zero attached hydrogens (tertiary/aromatic N) is 1. The fraction of sp³-hybridized carbons (Fsp3) is 0.571. The molecule has 0 radical (unpaired) electrons. The molecule has 8 heteroatoms. The first-order valence-corrected chi connectivity index (χ1v) is 7.40. The van der Waals surface area contributed by atoms with E-state index in [1.54, 1.807) is 6.92 Å². The minimum atomic E-state index is -0.804. The predicted molar refractivity (Wildman–Crippen MR) is 83.1 cm³/mol. The molecule has 0 fully saturated rings. The van der Waals surface area contributed by atoms with E-state index < -0.39 is 17.1 Å². The highest BCUT2D eigenvalue weighted by atomic mass is 16.3. The van der Waals surface area contributed by atoms with E-state index in [1.165, 1.54) is 0 Å². The molecule has 0 saturated heterocycles. The highest BCUT2D eigenvalue weighted by molar-refractivity contribution is 6.02. The highest BCUT2D eigenvalue weighted by Gasteiger charge is 2.14. The number of H-pyrrole nitrogens is 2. The van der Waals surface area contributed by atoms with Crippen molar-refractivity contribution in [1.82, 2.24) is 15.4 Å². The van der Waals surface area contributed by atoms with Gasteiger partial charge in [-0.1, -0.05) is 33.1 Å². The molecule has 0 aliphatic heterocycles. The van der Waals surface area contributed by atoms with Gasteiger partial charge >= 0.3 is 5.69 Å². The van der Waals surface area contributed by atoms with Crippen LogP contribution in [0.3, 0.4) is 0 Å². The van der Waals surface area contributed by atoms with Crippen LogP contribution in [0, 0.1) is 0 Å². The minimum absolute atomic E-state index is 0.145. The van der Waals surface area contributed by atoms with Crippen LogP contribution in [0.1, 0.15) is 57.9 Å². The van der Waals surface area contributed by atoms with Gasteiger partial charge in [0.05, 0.1) is 5.71 Å². The van der Waals surface area contributed by atoms with Gasteiger partial charge in [-0.15, -0.1) is 0 Å². The molecule has 1 aromatic rings. The maximum atomic E-state index is 11.7. The summed E-state index contributed by atoms with van der Waals surface area (Å²) in [7, 11) is 0. The lowest BCUT2D eigenvalue weighted by Crippen LogP contribution is -2.29. The van der Waals surface area contributed by atoms with E-state index in [9.17, 15) is 19.5 Å². The molecule has 0 atom stereocenters. The van der Waals surface area contributed by atoms with Gasteiger partial charge in [-0.3, -0.25) is 19.6 Å². The zero-order chi connectivity index (χ0) is 16.5. The first-order chi connectivity index (χ1) is 10.5. The number of carbonyl (C=O) groups is 1. The number of hydrazone groups is 1. The van der Waals surface area contributed by atoms with Crippen molar-refractivity contribution in [1.29, 1.82) is 0 Å². The first kappa shape index (κ1) is 17.7. The second-order valence-electron chi connectivity index (χ2n) is 4.89. The average molecular weight is 310 g/mol. The Morgan fingerprint density at radius 1 is 1.18 bits per heavy atom. The quantitative estimate of drug-likeness (QED) is 0.324. The fourth-order valence-electron chi connectivity index (χ4n) is 1.95. The molecule has 0 aliphatic carbocycles. The van der Waals surface area contributed by atoms with Gasteiger partial charge in [-0.2, -0.15) is 5.10 Å². The highest BCUT2D eigenvalue weighted by Crippen LogP contribution is 2.09. The molecule has 122 valence electrons. The third-order valence-corrected chi connectivity index (χ3v) is 3.12. The number of rotatable bonds is 8. The van der Waals surface area contributed by atoms with E-state index in [2.05, 4.69) is 22.4 Å². The number of aromatic amines is 2. The van der Waals surface area contributed by atoms with Crippen molar-refractivity contribution >= 4 is 11.6 Å². The van der Waals surface area contributed by atoms with Crippen molar-refractivity contribution < 1.29 is 9.90 Å². The van der Waals surface area contributed by atoms with Crippen molar-refractivity contribution in [2.75, 3.05) is 0 Å². The van der Waals surface area contributed by atoms with E-state index in [0.29, 0.717) is 12.8 Å². The SMILES string of the molecule is CCCCCCC(=O)N/N=C(\CC)c1c(O)[nH]c(=O)[nH]c1=O. The Morgan fingerprint density at radius 3 is 2.50 bits per heavy atom. The van der Waals surface area contributed by atoms with E-state index in [1.807, 2.05) is 4.98 Å². The fourth-order valence-corrected chi connectivity index (χ4v) is 1.95. The summed E-state index contributed by atoms with van der Waals surface area (Å²) in [5, 5.41) is 13.5. The van der Waals surface area contributed by atoms with Crippen molar-refractivity contribution in [2.45, 2.75) is 52.4 Å². The molecule has 0 bridgehead atoms. The maximum Gasteiger partial charge on any atom is 0.328 e. The topological polar surface area (TPSA) is 127 Å². The van der Waals surface area contributed by atoms with Crippen LogP contribution in [-0.4, -0.2) is 26.7 Å². The van der Waals surface area contributed by atoms with Crippen LogP contribution >= 0.6 is 0 Å². The Kier molecular flexibility index (Phi) is 7.07.